The average Bonchev–Trinajstić information content (AvgIpc) is 3.40. The van der Waals surface area contributed by atoms with Gasteiger partial charge in [-0.3, -0.25) is 14.5 Å². The largest absolute Gasteiger partial charge is 0.492 e. The molecule has 0 N–H and O–H groups in total. The number of benzene rings is 2. The molecular weight excluding hydrogens is 524 g/mol. The number of para-hydroxylation sites is 1. The molecule has 5 rings (SSSR count). The molecule has 3 aromatic rings. The second kappa shape index (κ2) is 11.9. The van der Waals surface area contributed by atoms with E-state index in [1.807, 2.05) is 55.6 Å². The summed E-state index contributed by atoms with van der Waals surface area (Å²) < 4.78 is 7.50. The van der Waals surface area contributed by atoms with E-state index < -0.39 is 5.91 Å². The van der Waals surface area contributed by atoms with Gasteiger partial charge in [-0.2, -0.15) is 10.4 Å². The van der Waals surface area contributed by atoms with Crippen molar-refractivity contribution in [3.05, 3.63) is 82.0 Å². The second-order valence-electron chi connectivity index (χ2n) is 10.1. The van der Waals surface area contributed by atoms with E-state index in [-0.39, 0.29) is 17.5 Å². The lowest BCUT2D eigenvalue weighted by Gasteiger charge is -2.36. The van der Waals surface area contributed by atoms with E-state index in [0.29, 0.717) is 39.8 Å². The standard InChI is InChI=1S/C32H31ClN4O3/c1-3-16-40-29-15-14-22(18-28(29)33)30-23(20-36(35-30)24-10-6-4-7-11-24)17-26-21(2)27(19-34)32(39)37(31(26)38)25-12-8-5-9-13-25/h4,6-7,10-11,14-15,17-18,20,25H,3,5,8-9,12-13,16H2,1-2H3/b26-17+. The normalized spacial score (nSPS) is 17.4. The summed E-state index contributed by atoms with van der Waals surface area (Å²) in [5.74, 6) is -0.270. The predicted octanol–water partition coefficient (Wildman–Crippen LogP) is 6.91. The van der Waals surface area contributed by atoms with E-state index in [1.54, 1.807) is 23.7 Å². The molecule has 40 heavy (non-hydrogen) atoms. The minimum atomic E-state index is -0.497. The Bertz CT molecular complexity index is 1540. The zero-order valence-electron chi connectivity index (χ0n) is 22.7. The Morgan fingerprint density at radius 3 is 2.52 bits per heavy atom. The molecule has 0 bridgehead atoms. The Labute approximate surface area is 239 Å². The smallest absolute Gasteiger partial charge is 0.271 e. The molecule has 7 nitrogen and oxygen atoms in total. The molecule has 8 heteroatoms. The Kier molecular flexibility index (Phi) is 8.18. The third-order valence-corrected chi connectivity index (χ3v) is 7.74. The molecular formula is C32H31ClN4O3. The second-order valence-corrected chi connectivity index (χ2v) is 10.6. The fraction of sp³-hybridized carbons (Fsp3) is 0.312. The third-order valence-electron chi connectivity index (χ3n) is 7.44. The first-order valence-electron chi connectivity index (χ1n) is 13.7. The lowest BCUT2D eigenvalue weighted by Crippen LogP contribution is -2.49. The van der Waals surface area contributed by atoms with Crippen molar-refractivity contribution in [2.45, 2.75) is 58.4 Å². The minimum absolute atomic E-state index is 0.00824. The van der Waals surface area contributed by atoms with Gasteiger partial charge < -0.3 is 4.74 Å². The van der Waals surface area contributed by atoms with Crippen molar-refractivity contribution >= 4 is 29.5 Å². The summed E-state index contributed by atoms with van der Waals surface area (Å²) in [7, 11) is 0. The SMILES string of the molecule is CCCOc1ccc(-c2nn(-c3ccccc3)cc2/C=C2/C(=O)N(C3CCCCC3)C(=O)C(C#N)=C2C)cc1Cl. The van der Waals surface area contributed by atoms with Gasteiger partial charge in [0.05, 0.1) is 17.3 Å². The number of aromatic nitrogens is 2. The number of carbonyl (C=O) groups is 2. The molecule has 2 heterocycles. The van der Waals surface area contributed by atoms with Crippen LogP contribution in [0.2, 0.25) is 5.02 Å². The molecule has 1 fully saturated rings. The molecule has 2 aliphatic rings. The lowest BCUT2D eigenvalue weighted by atomic mass is 9.88. The zero-order valence-corrected chi connectivity index (χ0v) is 23.4. The van der Waals surface area contributed by atoms with Gasteiger partial charge in [0.2, 0.25) is 0 Å². The highest BCUT2D eigenvalue weighted by Crippen LogP contribution is 2.36. The van der Waals surface area contributed by atoms with E-state index in [1.165, 1.54) is 4.90 Å². The van der Waals surface area contributed by atoms with Gasteiger partial charge in [0.15, 0.2) is 0 Å². The van der Waals surface area contributed by atoms with Gasteiger partial charge in [0, 0.05) is 28.9 Å². The van der Waals surface area contributed by atoms with Gasteiger partial charge in [-0.25, -0.2) is 4.68 Å². The summed E-state index contributed by atoms with van der Waals surface area (Å²) in [5.41, 5.74) is 3.59. The number of amides is 2. The maximum atomic E-state index is 13.9. The van der Waals surface area contributed by atoms with E-state index in [4.69, 9.17) is 21.4 Å². The number of hydrogen-bond donors (Lipinski definition) is 0. The van der Waals surface area contributed by atoms with E-state index in [0.717, 1.165) is 49.8 Å². The molecule has 0 atom stereocenters. The van der Waals surface area contributed by atoms with E-state index >= 15 is 0 Å². The molecule has 0 saturated heterocycles. The van der Waals surface area contributed by atoms with Crippen LogP contribution in [0.15, 0.2) is 71.4 Å². The number of ether oxygens (including phenoxy) is 1. The molecule has 1 aromatic heterocycles. The van der Waals surface area contributed by atoms with Gasteiger partial charge in [0.25, 0.3) is 11.8 Å². The quantitative estimate of drug-likeness (QED) is 0.234. The molecule has 0 spiro atoms. The van der Waals surface area contributed by atoms with Crippen molar-refractivity contribution in [2.24, 2.45) is 0 Å². The molecule has 2 aromatic carbocycles. The number of hydrogen-bond acceptors (Lipinski definition) is 5. The molecule has 2 amide bonds. The van der Waals surface area contributed by atoms with Gasteiger partial charge in [-0.1, -0.05) is 56.0 Å². The summed E-state index contributed by atoms with van der Waals surface area (Å²) in [6.45, 7) is 4.25. The number of nitrogens with zero attached hydrogens (tertiary/aromatic N) is 4. The molecule has 1 saturated carbocycles. The van der Waals surface area contributed by atoms with Crippen LogP contribution in [0.3, 0.4) is 0 Å². The molecule has 1 aliphatic carbocycles. The third kappa shape index (κ3) is 5.32. The highest BCUT2D eigenvalue weighted by molar-refractivity contribution is 6.32. The fourth-order valence-corrected chi connectivity index (χ4v) is 5.57. The van der Waals surface area contributed by atoms with Crippen LogP contribution >= 0.6 is 11.6 Å². The van der Waals surface area contributed by atoms with Crippen molar-refractivity contribution in [1.82, 2.24) is 14.7 Å². The molecule has 0 unspecified atom stereocenters. The van der Waals surface area contributed by atoms with Crippen LogP contribution in [0.5, 0.6) is 5.75 Å². The van der Waals surface area contributed by atoms with Gasteiger partial charge in [0.1, 0.15) is 23.1 Å². The van der Waals surface area contributed by atoms with Crippen LogP contribution in [0.4, 0.5) is 0 Å². The highest BCUT2D eigenvalue weighted by atomic mass is 35.5. The first-order valence-corrected chi connectivity index (χ1v) is 14.1. The number of rotatable bonds is 7. The van der Waals surface area contributed by atoms with Gasteiger partial charge in [-0.05, 0) is 68.2 Å². The fourth-order valence-electron chi connectivity index (χ4n) is 5.33. The van der Waals surface area contributed by atoms with Crippen LogP contribution in [0.25, 0.3) is 23.0 Å². The number of halogens is 1. The number of carbonyl (C=O) groups excluding carboxylic acids is 2. The first-order chi connectivity index (χ1) is 19.4. The molecule has 1 aliphatic heterocycles. The van der Waals surface area contributed by atoms with Crippen molar-refractivity contribution < 1.29 is 14.3 Å². The number of nitriles is 1. The first kappa shape index (κ1) is 27.4. The molecule has 0 radical (unpaired) electrons. The lowest BCUT2D eigenvalue weighted by molar-refractivity contribution is -0.143. The Morgan fingerprint density at radius 2 is 1.85 bits per heavy atom. The summed E-state index contributed by atoms with van der Waals surface area (Å²) in [4.78, 5) is 28.4. The zero-order chi connectivity index (χ0) is 28.2. The number of imide groups is 1. The summed E-state index contributed by atoms with van der Waals surface area (Å²) in [6, 6.07) is 17.0. The Hall–Kier alpha value is -4.15. The van der Waals surface area contributed by atoms with E-state index in [9.17, 15) is 14.9 Å². The van der Waals surface area contributed by atoms with Crippen LogP contribution in [0, 0.1) is 11.3 Å². The summed E-state index contributed by atoms with van der Waals surface area (Å²) in [5, 5.41) is 15.2. The van der Waals surface area contributed by atoms with Crippen molar-refractivity contribution in [3.63, 3.8) is 0 Å². The maximum absolute atomic E-state index is 13.9. The highest BCUT2D eigenvalue weighted by Gasteiger charge is 2.40. The molecule has 204 valence electrons. The van der Waals surface area contributed by atoms with E-state index in [2.05, 4.69) is 6.07 Å². The summed E-state index contributed by atoms with van der Waals surface area (Å²) in [6.07, 6.45) is 8.96. The van der Waals surface area contributed by atoms with Crippen molar-refractivity contribution in [1.29, 1.82) is 5.26 Å². The van der Waals surface area contributed by atoms with Crippen molar-refractivity contribution in [3.8, 4) is 28.8 Å². The average molecular weight is 555 g/mol. The van der Waals surface area contributed by atoms with Crippen LogP contribution in [0.1, 0.15) is 57.9 Å². The van der Waals surface area contributed by atoms with Crippen LogP contribution in [-0.4, -0.2) is 39.1 Å². The van der Waals surface area contributed by atoms with Gasteiger partial charge >= 0.3 is 0 Å². The Balaban J connectivity index is 1.64. The summed E-state index contributed by atoms with van der Waals surface area (Å²) >= 11 is 6.57. The van der Waals surface area contributed by atoms with Crippen LogP contribution < -0.4 is 4.74 Å². The van der Waals surface area contributed by atoms with Gasteiger partial charge in [-0.15, -0.1) is 0 Å². The minimum Gasteiger partial charge on any atom is -0.492 e. The maximum Gasteiger partial charge on any atom is 0.271 e. The monoisotopic (exact) mass is 554 g/mol. The van der Waals surface area contributed by atoms with Crippen LogP contribution in [-0.2, 0) is 9.59 Å². The Morgan fingerprint density at radius 1 is 1.10 bits per heavy atom. The van der Waals surface area contributed by atoms with Crippen molar-refractivity contribution in [2.75, 3.05) is 6.61 Å². The topological polar surface area (TPSA) is 88.2 Å². The predicted molar refractivity (Wildman–Crippen MR) is 155 cm³/mol.